The van der Waals surface area contributed by atoms with Crippen LogP contribution in [-0.4, -0.2) is 46.0 Å². The number of aliphatic hydroxyl groups excluding tert-OH is 1. The smallest absolute Gasteiger partial charge is 0.222 e. The molecule has 6 heteroatoms. The minimum Gasteiger partial charge on any atom is -0.390 e. The summed E-state index contributed by atoms with van der Waals surface area (Å²) in [7, 11) is 0. The van der Waals surface area contributed by atoms with Crippen LogP contribution < -0.4 is 0 Å². The largest absolute Gasteiger partial charge is 0.390 e. The summed E-state index contributed by atoms with van der Waals surface area (Å²) in [5.74, 6) is -1.67. The molecule has 0 aliphatic carbocycles. The Bertz CT molecular complexity index is 509. The number of hydrogen-bond acceptors (Lipinski definition) is 5. The van der Waals surface area contributed by atoms with E-state index in [4.69, 9.17) is 18.9 Å². The lowest BCUT2D eigenvalue weighted by Gasteiger charge is -2.44. The Balaban J connectivity index is 1.77. The number of halogens is 1. The molecule has 2 heterocycles. The molecule has 2 aliphatic heterocycles. The monoisotopic (exact) mass is 420 g/mol. The number of rotatable bonds is 3. The molecule has 0 amide bonds. The lowest BCUT2D eigenvalue weighted by molar-refractivity contribution is -0.321. The summed E-state index contributed by atoms with van der Waals surface area (Å²) in [6, 6.07) is 9.92. The Morgan fingerprint density at radius 3 is 2.64 bits per heavy atom. The van der Waals surface area contributed by atoms with E-state index in [9.17, 15) is 5.11 Å². The van der Waals surface area contributed by atoms with Gasteiger partial charge in [-0.25, -0.2) is 0 Å². The average molecular weight is 420 g/mol. The van der Waals surface area contributed by atoms with Gasteiger partial charge in [0.15, 0.2) is 5.79 Å². The van der Waals surface area contributed by atoms with Crippen LogP contribution in [0.5, 0.6) is 0 Å². The van der Waals surface area contributed by atoms with E-state index in [1.807, 2.05) is 44.2 Å². The Morgan fingerprint density at radius 2 is 2.00 bits per heavy atom. The molecule has 1 aromatic carbocycles. The zero-order chi connectivity index (χ0) is 15.8. The second kappa shape index (κ2) is 6.33. The minimum absolute atomic E-state index is 0.132. The summed E-state index contributed by atoms with van der Waals surface area (Å²) >= 11 is 2.21. The molecule has 4 atom stereocenters. The molecule has 22 heavy (non-hydrogen) atoms. The third kappa shape index (κ3) is 3.32. The van der Waals surface area contributed by atoms with Crippen LogP contribution in [0.25, 0.3) is 0 Å². The van der Waals surface area contributed by atoms with Crippen molar-refractivity contribution in [2.24, 2.45) is 0 Å². The normalized spacial score (nSPS) is 37.5. The fourth-order valence-corrected chi connectivity index (χ4v) is 3.75. The molecular formula is C16H21IO5. The Kier molecular flexibility index (Phi) is 4.78. The van der Waals surface area contributed by atoms with Gasteiger partial charge >= 0.3 is 0 Å². The number of alkyl halides is 1. The molecule has 1 unspecified atom stereocenters. The highest BCUT2D eigenvalue weighted by molar-refractivity contribution is 14.1. The van der Waals surface area contributed by atoms with E-state index in [1.165, 1.54) is 0 Å². The molecule has 122 valence electrons. The first kappa shape index (κ1) is 16.6. The number of hydrogen-bond donors (Lipinski definition) is 1. The molecule has 2 fully saturated rings. The van der Waals surface area contributed by atoms with Gasteiger partial charge < -0.3 is 24.1 Å². The van der Waals surface area contributed by atoms with Crippen molar-refractivity contribution in [3.8, 4) is 0 Å². The number of ether oxygens (including phenoxy) is 4. The predicted molar refractivity (Wildman–Crippen MR) is 88.6 cm³/mol. The Labute approximate surface area is 144 Å². The first-order chi connectivity index (χ1) is 10.4. The van der Waals surface area contributed by atoms with Crippen molar-refractivity contribution in [1.82, 2.24) is 0 Å². The summed E-state index contributed by atoms with van der Waals surface area (Å²) < 4.78 is 23.5. The Morgan fingerprint density at radius 1 is 1.27 bits per heavy atom. The third-order valence-electron chi connectivity index (χ3n) is 3.90. The molecule has 0 saturated carbocycles. The molecule has 1 N–H and O–H groups in total. The van der Waals surface area contributed by atoms with Crippen molar-refractivity contribution in [3.63, 3.8) is 0 Å². The molecule has 1 aromatic rings. The highest BCUT2D eigenvalue weighted by atomic mass is 127. The van der Waals surface area contributed by atoms with E-state index in [0.717, 1.165) is 5.56 Å². The number of aliphatic hydroxyl groups is 1. The van der Waals surface area contributed by atoms with Crippen LogP contribution in [0.2, 0.25) is 0 Å². The topological polar surface area (TPSA) is 57.2 Å². The van der Waals surface area contributed by atoms with Gasteiger partial charge in [-0.15, -0.1) is 0 Å². The van der Waals surface area contributed by atoms with Gasteiger partial charge in [0.2, 0.25) is 5.79 Å². The van der Waals surface area contributed by atoms with Crippen LogP contribution in [0.4, 0.5) is 0 Å². The van der Waals surface area contributed by atoms with Gasteiger partial charge in [0.05, 0.1) is 23.2 Å². The fraction of sp³-hybridized carbons (Fsp3) is 0.625. The maximum absolute atomic E-state index is 10.1. The van der Waals surface area contributed by atoms with E-state index in [2.05, 4.69) is 22.6 Å². The van der Waals surface area contributed by atoms with Crippen LogP contribution in [0, 0.1) is 0 Å². The lowest BCUT2D eigenvalue weighted by Crippen LogP contribution is -2.61. The van der Waals surface area contributed by atoms with Crippen molar-refractivity contribution in [1.29, 1.82) is 0 Å². The van der Waals surface area contributed by atoms with E-state index in [0.29, 0.717) is 13.2 Å². The zero-order valence-corrected chi connectivity index (χ0v) is 14.9. The fourth-order valence-electron chi connectivity index (χ4n) is 2.78. The molecule has 0 bridgehead atoms. The lowest BCUT2D eigenvalue weighted by atomic mass is 10.00. The van der Waals surface area contributed by atoms with Crippen LogP contribution in [0.3, 0.4) is 0 Å². The maximum atomic E-state index is 10.1. The highest BCUT2D eigenvalue weighted by Crippen LogP contribution is 2.42. The molecule has 1 spiro atoms. The van der Waals surface area contributed by atoms with Crippen molar-refractivity contribution in [3.05, 3.63) is 35.9 Å². The molecule has 0 radical (unpaired) electrons. The van der Waals surface area contributed by atoms with Gasteiger partial charge in [-0.05, 0) is 19.4 Å². The standard InChI is InChI=1S/C16H21IO5/c1-15(2)21-10-16(22-15)14(13(17)12(18)9-20-16)19-8-11-6-4-3-5-7-11/h3-7,12-14,18H,8-10H2,1-2H3/t12-,13+,14-,16?/m1/s1. The summed E-state index contributed by atoms with van der Waals surface area (Å²) in [5, 5.41) is 10.1. The minimum atomic E-state index is -0.955. The van der Waals surface area contributed by atoms with Crippen LogP contribution in [-0.2, 0) is 25.6 Å². The van der Waals surface area contributed by atoms with Gasteiger partial charge in [0.25, 0.3) is 0 Å². The van der Waals surface area contributed by atoms with Gasteiger partial charge in [-0.1, -0.05) is 52.9 Å². The Hall–Kier alpha value is -0.250. The van der Waals surface area contributed by atoms with Crippen molar-refractivity contribution < 1.29 is 24.1 Å². The zero-order valence-electron chi connectivity index (χ0n) is 12.7. The molecule has 5 nitrogen and oxygen atoms in total. The van der Waals surface area contributed by atoms with Crippen LogP contribution in [0.15, 0.2) is 30.3 Å². The van der Waals surface area contributed by atoms with E-state index >= 15 is 0 Å². The predicted octanol–water partition coefficient (Wildman–Crippen LogP) is 2.25. The molecule has 2 saturated heterocycles. The first-order valence-electron chi connectivity index (χ1n) is 7.38. The van der Waals surface area contributed by atoms with E-state index in [1.54, 1.807) is 0 Å². The molecule has 0 aromatic heterocycles. The van der Waals surface area contributed by atoms with Gasteiger partial charge in [0.1, 0.15) is 12.7 Å². The van der Waals surface area contributed by atoms with Crippen LogP contribution in [0.1, 0.15) is 19.4 Å². The first-order valence-corrected chi connectivity index (χ1v) is 8.62. The molecular weight excluding hydrogens is 399 g/mol. The summed E-state index contributed by atoms with van der Waals surface area (Å²) in [5.41, 5.74) is 1.07. The summed E-state index contributed by atoms with van der Waals surface area (Å²) in [6.45, 7) is 4.66. The van der Waals surface area contributed by atoms with Crippen molar-refractivity contribution in [2.45, 2.75) is 48.2 Å². The maximum Gasteiger partial charge on any atom is 0.222 e. The van der Waals surface area contributed by atoms with E-state index in [-0.39, 0.29) is 10.5 Å². The third-order valence-corrected chi connectivity index (χ3v) is 5.38. The number of benzene rings is 1. The second-order valence-corrected chi connectivity index (χ2v) is 7.58. The highest BCUT2D eigenvalue weighted by Gasteiger charge is 2.58. The van der Waals surface area contributed by atoms with Gasteiger partial charge in [-0.2, -0.15) is 0 Å². The van der Waals surface area contributed by atoms with E-state index < -0.39 is 23.8 Å². The van der Waals surface area contributed by atoms with Gasteiger partial charge in [-0.3, -0.25) is 0 Å². The summed E-state index contributed by atoms with van der Waals surface area (Å²) in [6.07, 6.45) is -0.988. The average Bonchev–Trinajstić information content (AvgIpc) is 2.81. The van der Waals surface area contributed by atoms with Gasteiger partial charge in [0, 0.05) is 0 Å². The quantitative estimate of drug-likeness (QED) is 0.601. The SMILES string of the molecule is CC1(C)OCC2(OC[C@@H](O)[C@H](I)[C@H]2OCc2ccccc2)O1. The molecule has 3 rings (SSSR count). The van der Waals surface area contributed by atoms with Crippen molar-refractivity contribution >= 4 is 22.6 Å². The summed E-state index contributed by atoms with van der Waals surface area (Å²) in [4.78, 5) is 0. The van der Waals surface area contributed by atoms with Crippen LogP contribution >= 0.6 is 22.6 Å². The second-order valence-electron chi connectivity index (χ2n) is 6.14. The van der Waals surface area contributed by atoms with Crippen molar-refractivity contribution in [2.75, 3.05) is 13.2 Å². The molecule has 2 aliphatic rings.